The summed E-state index contributed by atoms with van der Waals surface area (Å²) in [7, 11) is 1.54. The Morgan fingerprint density at radius 1 is 1.62 bits per heavy atom. The van der Waals surface area contributed by atoms with E-state index in [1.807, 2.05) is 0 Å². The molecule has 1 rings (SSSR count). The zero-order valence-electron chi connectivity index (χ0n) is 7.73. The minimum Gasteiger partial charge on any atom is -0.465 e. The van der Waals surface area contributed by atoms with E-state index in [0.29, 0.717) is 13.1 Å². The molecule has 0 aromatic carbocycles. The molecule has 0 radical (unpaired) electrons. The van der Waals surface area contributed by atoms with Crippen molar-refractivity contribution in [3.63, 3.8) is 0 Å². The Hall–Kier alpha value is -0.810. The van der Waals surface area contributed by atoms with E-state index in [9.17, 15) is 9.90 Å². The van der Waals surface area contributed by atoms with E-state index in [1.54, 1.807) is 0 Å². The van der Waals surface area contributed by atoms with Crippen LogP contribution in [0.4, 0.5) is 4.79 Å². The molecule has 0 spiro atoms. The van der Waals surface area contributed by atoms with Gasteiger partial charge in [-0.25, -0.2) is 4.79 Å². The van der Waals surface area contributed by atoms with Crippen LogP contribution < -0.4 is 5.32 Å². The van der Waals surface area contributed by atoms with Gasteiger partial charge in [-0.2, -0.15) is 0 Å². The summed E-state index contributed by atoms with van der Waals surface area (Å²) in [5, 5.41) is 21.0. The molecule has 0 aromatic rings. The zero-order valence-corrected chi connectivity index (χ0v) is 7.73. The predicted octanol–water partition coefficient (Wildman–Crippen LogP) is -0.433. The maximum absolute atomic E-state index is 10.4. The number of amides is 1. The first-order valence-electron chi connectivity index (χ1n) is 4.44. The first-order valence-corrected chi connectivity index (χ1v) is 4.44. The fraction of sp³-hybridized carbons (Fsp3) is 0.875. The third-order valence-corrected chi connectivity index (χ3v) is 2.47. The molecule has 1 fully saturated rings. The van der Waals surface area contributed by atoms with Crippen LogP contribution in [-0.4, -0.2) is 54.0 Å². The molecule has 1 amide bonds. The summed E-state index contributed by atoms with van der Waals surface area (Å²) < 4.78 is 0. The van der Waals surface area contributed by atoms with E-state index in [0.717, 1.165) is 13.0 Å². The van der Waals surface area contributed by atoms with Gasteiger partial charge in [-0.3, -0.25) is 0 Å². The summed E-state index contributed by atoms with van der Waals surface area (Å²) in [6, 6.07) is 0. The van der Waals surface area contributed by atoms with E-state index >= 15 is 0 Å². The van der Waals surface area contributed by atoms with Gasteiger partial charge >= 0.3 is 6.09 Å². The Morgan fingerprint density at radius 2 is 2.31 bits per heavy atom. The van der Waals surface area contributed by atoms with E-state index in [1.165, 1.54) is 11.9 Å². The number of carboxylic acid groups (broad SMARTS) is 1. The number of aliphatic hydroxyl groups is 1. The Kier molecular flexibility index (Phi) is 3.50. The van der Waals surface area contributed by atoms with Gasteiger partial charge in [0.2, 0.25) is 0 Å². The lowest BCUT2D eigenvalue weighted by Crippen LogP contribution is -2.29. The van der Waals surface area contributed by atoms with Crippen molar-refractivity contribution in [1.29, 1.82) is 0 Å². The van der Waals surface area contributed by atoms with Crippen LogP contribution in [0.25, 0.3) is 0 Å². The van der Waals surface area contributed by atoms with Crippen LogP contribution in [0.5, 0.6) is 0 Å². The smallest absolute Gasteiger partial charge is 0.407 e. The van der Waals surface area contributed by atoms with Gasteiger partial charge in [-0.1, -0.05) is 0 Å². The number of nitrogens with one attached hydrogen (secondary N) is 1. The summed E-state index contributed by atoms with van der Waals surface area (Å²) >= 11 is 0. The van der Waals surface area contributed by atoms with Crippen molar-refractivity contribution in [3.8, 4) is 0 Å². The first kappa shape index (κ1) is 10.3. The molecule has 0 unspecified atom stereocenters. The molecule has 1 heterocycles. The average Bonchev–Trinajstić information content (AvgIpc) is 2.47. The molecule has 1 aliphatic rings. The highest BCUT2D eigenvalue weighted by molar-refractivity contribution is 5.64. The van der Waals surface area contributed by atoms with Crippen molar-refractivity contribution in [1.82, 2.24) is 10.2 Å². The summed E-state index contributed by atoms with van der Waals surface area (Å²) in [5.74, 6) is 0.196. The van der Waals surface area contributed by atoms with Gasteiger partial charge in [0.15, 0.2) is 0 Å². The number of nitrogens with zero attached hydrogens (tertiary/aromatic N) is 1. The fourth-order valence-corrected chi connectivity index (χ4v) is 1.47. The number of carbonyl (C=O) groups is 1. The minimum atomic E-state index is -0.916. The third kappa shape index (κ3) is 2.86. The molecule has 76 valence electrons. The summed E-state index contributed by atoms with van der Waals surface area (Å²) in [4.78, 5) is 11.7. The number of β-amino-alcohol motifs (C(OH)–C–C–N with tert-alkyl or cyclic N) is 1. The zero-order chi connectivity index (χ0) is 9.84. The van der Waals surface area contributed by atoms with Crippen molar-refractivity contribution in [2.75, 3.05) is 26.7 Å². The molecule has 0 aromatic heterocycles. The lowest BCUT2D eigenvalue weighted by molar-refractivity contribution is 0.126. The number of aliphatic hydroxyl groups excluding tert-OH is 1. The monoisotopic (exact) mass is 188 g/mol. The standard InChI is InChI=1S/C8H16N2O3/c1-10(8(12)13)3-2-6-4-9-5-7(6)11/h6-7,9,11H,2-5H2,1H3,(H,12,13)/t6-,7-/m0/s1. The molecule has 0 aliphatic carbocycles. The van der Waals surface area contributed by atoms with Crippen LogP contribution in [-0.2, 0) is 0 Å². The van der Waals surface area contributed by atoms with E-state index in [-0.39, 0.29) is 12.0 Å². The van der Waals surface area contributed by atoms with Gasteiger partial charge in [0.25, 0.3) is 0 Å². The molecular weight excluding hydrogens is 172 g/mol. The first-order chi connectivity index (χ1) is 6.11. The third-order valence-electron chi connectivity index (χ3n) is 2.47. The van der Waals surface area contributed by atoms with Crippen molar-refractivity contribution in [2.24, 2.45) is 5.92 Å². The van der Waals surface area contributed by atoms with Crippen LogP contribution in [0.2, 0.25) is 0 Å². The van der Waals surface area contributed by atoms with Gasteiger partial charge in [-0.15, -0.1) is 0 Å². The highest BCUT2D eigenvalue weighted by Crippen LogP contribution is 2.13. The molecule has 2 atom stereocenters. The molecule has 1 saturated heterocycles. The molecular formula is C8H16N2O3. The van der Waals surface area contributed by atoms with Gasteiger partial charge in [0, 0.05) is 32.6 Å². The van der Waals surface area contributed by atoms with Crippen LogP contribution in [0.1, 0.15) is 6.42 Å². The molecule has 3 N–H and O–H groups in total. The SMILES string of the molecule is CN(CC[C@H]1CNC[C@@H]1O)C(=O)O. The van der Waals surface area contributed by atoms with Gasteiger partial charge < -0.3 is 20.4 Å². The Balaban J connectivity index is 2.22. The summed E-state index contributed by atoms with van der Waals surface area (Å²) in [6.45, 7) is 1.90. The normalized spacial score (nSPS) is 27.5. The Morgan fingerprint density at radius 3 is 2.77 bits per heavy atom. The van der Waals surface area contributed by atoms with Gasteiger partial charge in [-0.05, 0) is 6.42 Å². The maximum atomic E-state index is 10.4. The van der Waals surface area contributed by atoms with Crippen LogP contribution in [0.3, 0.4) is 0 Å². The Labute approximate surface area is 77.3 Å². The molecule has 13 heavy (non-hydrogen) atoms. The van der Waals surface area contributed by atoms with Gasteiger partial charge in [0.05, 0.1) is 6.10 Å². The highest BCUT2D eigenvalue weighted by Gasteiger charge is 2.24. The Bertz CT molecular complexity index is 186. The molecule has 5 heteroatoms. The van der Waals surface area contributed by atoms with E-state index in [2.05, 4.69) is 5.32 Å². The number of rotatable bonds is 3. The highest BCUT2D eigenvalue weighted by atomic mass is 16.4. The number of hydrogen-bond acceptors (Lipinski definition) is 3. The van der Waals surface area contributed by atoms with Crippen molar-refractivity contribution in [2.45, 2.75) is 12.5 Å². The lowest BCUT2D eigenvalue weighted by atomic mass is 10.0. The van der Waals surface area contributed by atoms with Crippen LogP contribution >= 0.6 is 0 Å². The summed E-state index contributed by atoms with van der Waals surface area (Å²) in [5.41, 5.74) is 0. The maximum Gasteiger partial charge on any atom is 0.407 e. The predicted molar refractivity (Wildman–Crippen MR) is 47.6 cm³/mol. The van der Waals surface area contributed by atoms with Crippen LogP contribution in [0, 0.1) is 5.92 Å². The van der Waals surface area contributed by atoms with Crippen molar-refractivity contribution in [3.05, 3.63) is 0 Å². The second kappa shape index (κ2) is 4.43. The number of hydrogen-bond donors (Lipinski definition) is 3. The quantitative estimate of drug-likeness (QED) is 0.561. The van der Waals surface area contributed by atoms with E-state index in [4.69, 9.17) is 5.11 Å². The second-order valence-electron chi connectivity index (χ2n) is 3.48. The van der Waals surface area contributed by atoms with Crippen LogP contribution in [0.15, 0.2) is 0 Å². The molecule has 0 saturated carbocycles. The van der Waals surface area contributed by atoms with Crippen molar-refractivity contribution < 1.29 is 15.0 Å². The second-order valence-corrected chi connectivity index (χ2v) is 3.48. The average molecular weight is 188 g/mol. The van der Waals surface area contributed by atoms with Crippen molar-refractivity contribution >= 4 is 6.09 Å². The largest absolute Gasteiger partial charge is 0.465 e. The minimum absolute atomic E-state index is 0.196. The molecule has 5 nitrogen and oxygen atoms in total. The van der Waals surface area contributed by atoms with Gasteiger partial charge in [0.1, 0.15) is 0 Å². The van der Waals surface area contributed by atoms with E-state index < -0.39 is 6.09 Å². The lowest BCUT2D eigenvalue weighted by Gasteiger charge is -2.17. The molecule has 0 bridgehead atoms. The fourth-order valence-electron chi connectivity index (χ4n) is 1.47. The molecule has 1 aliphatic heterocycles. The topological polar surface area (TPSA) is 72.8 Å². The summed E-state index contributed by atoms with van der Waals surface area (Å²) in [6.07, 6.45) is -0.514.